The maximum absolute atomic E-state index is 9.98. The fourth-order valence-corrected chi connectivity index (χ4v) is 1.67. The van der Waals surface area contributed by atoms with Gasteiger partial charge in [-0.05, 0) is 29.7 Å². The number of aromatic nitrogens is 2. The third-order valence-corrected chi connectivity index (χ3v) is 2.82. The van der Waals surface area contributed by atoms with Crippen LogP contribution in [0.2, 0.25) is 0 Å². The third kappa shape index (κ3) is 3.66. The Bertz CT molecular complexity index is 528. The molecule has 5 heteroatoms. The summed E-state index contributed by atoms with van der Waals surface area (Å²) in [6.45, 7) is 2.33. The lowest BCUT2D eigenvalue weighted by Crippen LogP contribution is -2.13. The molecule has 19 heavy (non-hydrogen) atoms. The second kappa shape index (κ2) is 6.15. The Balaban J connectivity index is 1.94. The number of aryl methyl sites for hydroxylation is 1. The van der Waals surface area contributed by atoms with Crippen molar-refractivity contribution >= 4 is 5.95 Å². The van der Waals surface area contributed by atoms with Gasteiger partial charge in [0, 0.05) is 18.9 Å². The summed E-state index contributed by atoms with van der Waals surface area (Å²) in [6.07, 6.45) is 3.69. The first kappa shape index (κ1) is 13.3. The first-order chi connectivity index (χ1) is 9.19. The van der Waals surface area contributed by atoms with Crippen LogP contribution in [-0.2, 0) is 6.42 Å². The van der Waals surface area contributed by atoms with Crippen LogP contribution in [0.4, 0.5) is 5.95 Å². The number of phenols is 1. The molecule has 0 fully saturated rings. The van der Waals surface area contributed by atoms with Gasteiger partial charge in [0.2, 0.25) is 5.95 Å². The zero-order chi connectivity index (χ0) is 13.7. The number of phenolic OH excluding ortho intramolecular Hbond substituents is 1. The number of aliphatic hydroxyl groups is 1. The van der Waals surface area contributed by atoms with Crippen molar-refractivity contribution in [1.82, 2.24) is 9.97 Å². The lowest BCUT2D eigenvalue weighted by atomic mass is 10.1. The Labute approximate surface area is 112 Å². The number of rotatable bonds is 5. The smallest absolute Gasteiger partial charge is 0.222 e. The molecule has 5 nitrogen and oxygen atoms in total. The van der Waals surface area contributed by atoms with Gasteiger partial charge in [-0.1, -0.05) is 19.1 Å². The van der Waals surface area contributed by atoms with Crippen molar-refractivity contribution in [2.45, 2.75) is 19.4 Å². The molecule has 100 valence electrons. The van der Waals surface area contributed by atoms with Crippen molar-refractivity contribution in [2.24, 2.45) is 0 Å². The van der Waals surface area contributed by atoms with E-state index in [9.17, 15) is 10.2 Å². The van der Waals surface area contributed by atoms with Crippen LogP contribution in [-0.4, -0.2) is 26.7 Å². The zero-order valence-corrected chi connectivity index (χ0v) is 10.7. The van der Waals surface area contributed by atoms with Crippen LogP contribution in [0, 0.1) is 0 Å². The molecule has 0 bridgehead atoms. The molecule has 0 amide bonds. The minimum atomic E-state index is -0.721. The van der Waals surface area contributed by atoms with Gasteiger partial charge in [-0.15, -0.1) is 0 Å². The second-order valence-corrected chi connectivity index (χ2v) is 4.26. The average molecular weight is 259 g/mol. The van der Waals surface area contributed by atoms with Gasteiger partial charge in [-0.3, -0.25) is 0 Å². The van der Waals surface area contributed by atoms with Crippen molar-refractivity contribution < 1.29 is 10.2 Å². The number of hydrogen-bond donors (Lipinski definition) is 3. The monoisotopic (exact) mass is 259 g/mol. The second-order valence-electron chi connectivity index (χ2n) is 4.26. The van der Waals surface area contributed by atoms with E-state index in [4.69, 9.17) is 0 Å². The van der Waals surface area contributed by atoms with Crippen molar-refractivity contribution in [2.75, 3.05) is 11.9 Å². The molecule has 0 aliphatic heterocycles. The van der Waals surface area contributed by atoms with Crippen molar-refractivity contribution in [1.29, 1.82) is 0 Å². The Morgan fingerprint density at radius 2 is 2.00 bits per heavy atom. The minimum Gasteiger partial charge on any atom is -0.508 e. The van der Waals surface area contributed by atoms with Crippen molar-refractivity contribution in [3.8, 4) is 5.75 Å². The summed E-state index contributed by atoms with van der Waals surface area (Å²) < 4.78 is 0. The molecule has 1 aromatic carbocycles. The Morgan fingerprint density at radius 3 is 2.63 bits per heavy atom. The van der Waals surface area contributed by atoms with E-state index >= 15 is 0 Å². The van der Waals surface area contributed by atoms with E-state index in [1.54, 1.807) is 30.6 Å². The third-order valence-electron chi connectivity index (χ3n) is 2.82. The standard InChI is InChI=1S/C14H17N3O2/c1-2-10-7-15-14(16-8-10)17-9-13(19)11-4-3-5-12(18)6-11/h3-8,13,18-19H,2,9H2,1H3,(H,15,16,17)/t13-/m0/s1. The summed E-state index contributed by atoms with van der Waals surface area (Å²) in [5.41, 5.74) is 1.72. The summed E-state index contributed by atoms with van der Waals surface area (Å²) in [6, 6.07) is 6.55. The molecule has 0 saturated carbocycles. The minimum absolute atomic E-state index is 0.139. The van der Waals surface area contributed by atoms with E-state index in [-0.39, 0.29) is 12.3 Å². The number of hydrogen-bond acceptors (Lipinski definition) is 5. The number of anilines is 1. The summed E-state index contributed by atoms with van der Waals surface area (Å²) in [5, 5.41) is 22.3. The molecular formula is C14H17N3O2. The van der Waals surface area contributed by atoms with Gasteiger partial charge in [0.1, 0.15) is 5.75 Å². The van der Waals surface area contributed by atoms with E-state index < -0.39 is 6.10 Å². The van der Waals surface area contributed by atoms with E-state index in [1.807, 2.05) is 6.92 Å². The maximum Gasteiger partial charge on any atom is 0.222 e. The fourth-order valence-electron chi connectivity index (χ4n) is 1.67. The predicted octanol–water partition coefficient (Wildman–Crippen LogP) is 1.89. The molecule has 2 aromatic rings. The lowest BCUT2D eigenvalue weighted by molar-refractivity contribution is 0.191. The normalized spacial score (nSPS) is 12.1. The average Bonchev–Trinajstić information content (AvgIpc) is 2.45. The fraction of sp³-hybridized carbons (Fsp3) is 0.286. The van der Waals surface area contributed by atoms with Crippen molar-refractivity contribution in [3.05, 3.63) is 47.8 Å². The summed E-state index contributed by atoms with van der Waals surface area (Å²) in [7, 11) is 0. The highest BCUT2D eigenvalue weighted by molar-refractivity contribution is 5.31. The summed E-state index contributed by atoms with van der Waals surface area (Å²) in [4.78, 5) is 8.30. The highest BCUT2D eigenvalue weighted by Crippen LogP contribution is 2.18. The molecule has 0 saturated heterocycles. The van der Waals surface area contributed by atoms with E-state index in [1.165, 1.54) is 6.07 Å². The predicted molar refractivity (Wildman–Crippen MR) is 73.0 cm³/mol. The molecule has 0 unspecified atom stereocenters. The summed E-state index contributed by atoms with van der Waals surface area (Å²) >= 11 is 0. The molecule has 1 atom stereocenters. The van der Waals surface area contributed by atoms with Gasteiger partial charge >= 0.3 is 0 Å². The first-order valence-electron chi connectivity index (χ1n) is 6.21. The Kier molecular flexibility index (Phi) is 4.30. The van der Waals surface area contributed by atoms with Gasteiger partial charge in [-0.25, -0.2) is 9.97 Å². The van der Waals surface area contributed by atoms with Gasteiger partial charge < -0.3 is 15.5 Å². The number of aliphatic hydroxyl groups excluding tert-OH is 1. The molecule has 3 N–H and O–H groups in total. The van der Waals surface area contributed by atoms with Gasteiger partial charge in [0.05, 0.1) is 6.10 Å². The van der Waals surface area contributed by atoms with Crippen molar-refractivity contribution in [3.63, 3.8) is 0 Å². The molecule has 2 rings (SSSR count). The molecule has 0 aliphatic rings. The molecule has 1 heterocycles. The first-order valence-corrected chi connectivity index (χ1v) is 6.21. The number of nitrogens with zero attached hydrogens (tertiary/aromatic N) is 2. The highest BCUT2D eigenvalue weighted by Gasteiger charge is 2.08. The zero-order valence-electron chi connectivity index (χ0n) is 10.7. The van der Waals surface area contributed by atoms with Crippen LogP contribution in [0.25, 0.3) is 0 Å². The maximum atomic E-state index is 9.98. The Morgan fingerprint density at radius 1 is 1.26 bits per heavy atom. The number of benzene rings is 1. The van der Waals surface area contributed by atoms with E-state index in [2.05, 4.69) is 15.3 Å². The molecule has 0 radical (unpaired) electrons. The topological polar surface area (TPSA) is 78.3 Å². The summed E-state index contributed by atoms with van der Waals surface area (Å²) in [5.74, 6) is 0.622. The SMILES string of the molecule is CCc1cnc(NC[C@H](O)c2cccc(O)c2)nc1. The molecule has 1 aromatic heterocycles. The number of nitrogens with one attached hydrogen (secondary N) is 1. The van der Waals surface area contributed by atoms with E-state index in [0.29, 0.717) is 11.5 Å². The van der Waals surface area contributed by atoms with Crippen LogP contribution in [0.1, 0.15) is 24.2 Å². The number of aromatic hydroxyl groups is 1. The van der Waals surface area contributed by atoms with Crippen LogP contribution in [0.15, 0.2) is 36.7 Å². The largest absolute Gasteiger partial charge is 0.508 e. The quantitative estimate of drug-likeness (QED) is 0.764. The van der Waals surface area contributed by atoms with Gasteiger partial charge in [0.15, 0.2) is 0 Å². The van der Waals surface area contributed by atoms with E-state index in [0.717, 1.165) is 12.0 Å². The molecule has 0 aliphatic carbocycles. The van der Waals surface area contributed by atoms with Gasteiger partial charge in [-0.2, -0.15) is 0 Å². The molecular weight excluding hydrogens is 242 g/mol. The van der Waals surface area contributed by atoms with Crippen LogP contribution >= 0.6 is 0 Å². The van der Waals surface area contributed by atoms with Gasteiger partial charge in [0.25, 0.3) is 0 Å². The molecule has 0 spiro atoms. The highest BCUT2D eigenvalue weighted by atomic mass is 16.3. The van der Waals surface area contributed by atoms with Crippen LogP contribution < -0.4 is 5.32 Å². The van der Waals surface area contributed by atoms with Crippen LogP contribution in [0.5, 0.6) is 5.75 Å². The lowest BCUT2D eigenvalue weighted by Gasteiger charge is -2.12. The Hall–Kier alpha value is -2.14. The van der Waals surface area contributed by atoms with Crippen LogP contribution in [0.3, 0.4) is 0 Å².